The molecule has 3 rings (SSSR count). The Hall–Kier alpha value is -4.16. The number of ether oxygens (including phenoxy) is 2. The molecule has 12 nitrogen and oxygen atoms in total. The average molecular weight is 548 g/mol. The number of aromatic nitrogens is 2. The van der Waals surface area contributed by atoms with E-state index in [9.17, 15) is 28.7 Å². The Morgan fingerprint density at radius 3 is 2.38 bits per heavy atom. The molecular weight excluding hydrogens is 513 g/mol. The molecule has 2 aromatic rings. The molecule has 0 unspecified atom stereocenters. The molecule has 13 heteroatoms. The summed E-state index contributed by atoms with van der Waals surface area (Å²) in [5, 5.41) is 16.9. The fourth-order valence-electron chi connectivity index (χ4n) is 3.97. The van der Waals surface area contributed by atoms with Crippen LogP contribution in [-0.2, 0) is 19.1 Å². The van der Waals surface area contributed by atoms with Gasteiger partial charge in [-0.05, 0) is 52.3 Å². The van der Waals surface area contributed by atoms with E-state index in [0.717, 1.165) is 16.8 Å². The molecule has 212 valence electrons. The molecule has 39 heavy (non-hydrogen) atoms. The number of halogens is 1. The van der Waals surface area contributed by atoms with Crippen LogP contribution in [0.25, 0.3) is 5.69 Å². The van der Waals surface area contributed by atoms with Crippen molar-refractivity contribution < 1.29 is 38.1 Å². The number of hydrogen-bond donors (Lipinski definition) is 2. The van der Waals surface area contributed by atoms with E-state index in [2.05, 4.69) is 10.4 Å². The predicted molar refractivity (Wildman–Crippen MR) is 137 cm³/mol. The third kappa shape index (κ3) is 8.16. The molecule has 2 heterocycles. The number of hydrogen-bond acceptors (Lipinski definition) is 8. The second-order valence-electron chi connectivity index (χ2n) is 9.94. The number of nitrogens with zero attached hydrogens (tertiary/aromatic N) is 4. The van der Waals surface area contributed by atoms with E-state index in [1.165, 1.54) is 28.0 Å². The van der Waals surface area contributed by atoms with Gasteiger partial charge >= 0.3 is 12.1 Å². The van der Waals surface area contributed by atoms with Gasteiger partial charge in [0.15, 0.2) is 5.69 Å². The lowest BCUT2D eigenvalue weighted by Crippen LogP contribution is -2.56. The Bertz CT molecular complexity index is 1200. The minimum absolute atomic E-state index is 0.0475. The highest BCUT2D eigenvalue weighted by molar-refractivity contribution is 5.96. The first-order valence-corrected chi connectivity index (χ1v) is 12.7. The highest BCUT2D eigenvalue weighted by Gasteiger charge is 2.32. The molecule has 0 radical (unpaired) electrons. The summed E-state index contributed by atoms with van der Waals surface area (Å²) in [6.45, 7) is 8.04. The van der Waals surface area contributed by atoms with Crippen LogP contribution in [0.15, 0.2) is 30.3 Å². The van der Waals surface area contributed by atoms with Crippen molar-refractivity contribution >= 4 is 23.9 Å². The topological polar surface area (TPSA) is 143 Å². The number of rotatable bonds is 8. The number of piperazine rings is 1. The van der Waals surface area contributed by atoms with Gasteiger partial charge in [0.25, 0.3) is 5.91 Å². The molecule has 1 saturated heterocycles. The molecule has 0 aliphatic carbocycles. The molecule has 1 fully saturated rings. The van der Waals surface area contributed by atoms with Crippen molar-refractivity contribution in [3.63, 3.8) is 0 Å². The van der Waals surface area contributed by atoms with E-state index in [1.54, 1.807) is 27.7 Å². The lowest BCUT2D eigenvalue weighted by molar-refractivity contribution is -0.155. The van der Waals surface area contributed by atoms with Gasteiger partial charge in [-0.15, -0.1) is 0 Å². The van der Waals surface area contributed by atoms with Crippen molar-refractivity contribution in [2.24, 2.45) is 0 Å². The van der Waals surface area contributed by atoms with Crippen molar-refractivity contribution in [3.8, 4) is 11.6 Å². The summed E-state index contributed by atoms with van der Waals surface area (Å²) in [6.07, 6.45) is -0.651. The molecule has 1 aromatic carbocycles. The van der Waals surface area contributed by atoms with E-state index >= 15 is 0 Å². The summed E-state index contributed by atoms with van der Waals surface area (Å²) in [4.78, 5) is 53.8. The lowest BCUT2D eigenvalue weighted by atomic mass is 10.1. The van der Waals surface area contributed by atoms with E-state index in [4.69, 9.17) is 9.47 Å². The smallest absolute Gasteiger partial charge is 0.409 e. The monoisotopic (exact) mass is 547 g/mol. The highest BCUT2D eigenvalue weighted by atomic mass is 19.1. The van der Waals surface area contributed by atoms with Crippen molar-refractivity contribution in [1.82, 2.24) is 24.9 Å². The third-order valence-corrected chi connectivity index (χ3v) is 5.75. The highest BCUT2D eigenvalue weighted by Crippen LogP contribution is 2.19. The molecule has 3 amide bonds. The summed E-state index contributed by atoms with van der Waals surface area (Å²) in [7, 11) is 0. The summed E-state index contributed by atoms with van der Waals surface area (Å²) < 4.78 is 25.0. The third-order valence-electron chi connectivity index (χ3n) is 5.75. The van der Waals surface area contributed by atoms with Crippen molar-refractivity contribution in [2.75, 3.05) is 32.8 Å². The van der Waals surface area contributed by atoms with Crippen LogP contribution in [0, 0.1) is 5.82 Å². The van der Waals surface area contributed by atoms with Gasteiger partial charge in [0, 0.05) is 38.7 Å². The second kappa shape index (κ2) is 12.6. The number of carbonyl (C=O) groups excluding carboxylic acids is 4. The van der Waals surface area contributed by atoms with E-state index in [-0.39, 0.29) is 57.0 Å². The predicted octanol–water partition coefficient (Wildman–Crippen LogP) is 2.24. The average Bonchev–Trinajstić information content (AvgIpc) is 3.27. The Kier molecular flexibility index (Phi) is 9.49. The minimum Gasteiger partial charge on any atom is -0.493 e. The molecule has 1 atom stereocenters. The number of amides is 3. The van der Waals surface area contributed by atoms with E-state index < -0.39 is 47.2 Å². The minimum atomic E-state index is -1.11. The fourth-order valence-corrected chi connectivity index (χ4v) is 3.97. The largest absolute Gasteiger partial charge is 0.493 e. The normalized spacial score (nSPS) is 14.5. The molecule has 0 bridgehead atoms. The van der Waals surface area contributed by atoms with Gasteiger partial charge in [-0.1, -0.05) is 6.07 Å². The van der Waals surface area contributed by atoms with Crippen LogP contribution in [-0.4, -0.2) is 93.0 Å². The number of aromatic hydroxyl groups is 1. The standard InChI is InChI=1S/C26H34FN5O7/c1-5-38-25(37)31-13-11-30(12-14-31)24(36)19(9-10-22(34)39-26(2,3)4)28-23(35)20-16-21(33)32(29-20)18-8-6-7-17(27)15-18/h6-8,15-16,19,33H,5,9-14H2,1-4H3,(H,28,35)/t19-/m0/s1. The van der Waals surface area contributed by atoms with Gasteiger partial charge in [0.1, 0.15) is 17.5 Å². The number of benzene rings is 1. The molecule has 1 aliphatic heterocycles. The summed E-state index contributed by atoms with van der Waals surface area (Å²) in [6, 6.07) is 5.27. The van der Waals surface area contributed by atoms with Crippen LogP contribution in [0.4, 0.5) is 9.18 Å². The zero-order valence-corrected chi connectivity index (χ0v) is 22.5. The van der Waals surface area contributed by atoms with Crippen LogP contribution in [0.1, 0.15) is 51.0 Å². The van der Waals surface area contributed by atoms with Crippen LogP contribution in [0.5, 0.6) is 5.88 Å². The van der Waals surface area contributed by atoms with Gasteiger partial charge in [-0.25, -0.2) is 13.9 Å². The SMILES string of the molecule is CCOC(=O)N1CCN(C(=O)[C@H](CCC(=O)OC(C)(C)C)NC(=O)c2cc(O)n(-c3cccc(F)c3)n2)CC1. The summed E-state index contributed by atoms with van der Waals surface area (Å²) in [5.74, 6) is -2.70. The van der Waals surface area contributed by atoms with Gasteiger partial charge < -0.3 is 29.7 Å². The number of nitrogens with one attached hydrogen (secondary N) is 1. The van der Waals surface area contributed by atoms with Crippen LogP contribution < -0.4 is 5.32 Å². The fraction of sp³-hybridized carbons (Fsp3) is 0.500. The maximum atomic E-state index is 13.6. The maximum absolute atomic E-state index is 13.6. The van der Waals surface area contributed by atoms with E-state index in [1.807, 2.05) is 0 Å². The Morgan fingerprint density at radius 2 is 1.77 bits per heavy atom. The van der Waals surface area contributed by atoms with Crippen molar-refractivity contribution in [1.29, 1.82) is 0 Å². The molecule has 0 saturated carbocycles. The molecule has 0 spiro atoms. The Morgan fingerprint density at radius 1 is 1.10 bits per heavy atom. The van der Waals surface area contributed by atoms with Crippen LogP contribution in [0.2, 0.25) is 0 Å². The first-order valence-electron chi connectivity index (χ1n) is 12.7. The van der Waals surface area contributed by atoms with Gasteiger partial charge in [0.05, 0.1) is 12.3 Å². The quantitative estimate of drug-likeness (QED) is 0.479. The molecule has 1 aromatic heterocycles. The maximum Gasteiger partial charge on any atom is 0.409 e. The zero-order valence-electron chi connectivity index (χ0n) is 22.5. The Balaban J connectivity index is 1.74. The summed E-state index contributed by atoms with van der Waals surface area (Å²) >= 11 is 0. The van der Waals surface area contributed by atoms with Gasteiger partial charge in [-0.3, -0.25) is 14.4 Å². The van der Waals surface area contributed by atoms with Crippen molar-refractivity contribution in [3.05, 3.63) is 41.8 Å². The van der Waals surface area contributed by atoms with Crippen molar-refractivity contribution in [2.45, 2.75) is 52.2 Å². The van der Waals surface area contributed by atoms with Crippen LogP contribution in [0.3, 0.4) is 0 Å². The summed E-state index contributed by atoms with van der Waals surface area (Å²) in [5.41, 5.74) is -0.729. The van der Waals surface area contributed by atoms with E-state index in [0.29, 0.717) is 0 Å². The van der Waals surface area contributed by atoms with Gasteiger partial charge in [-0.2, -0.15) is 5.10 Å². The first kappa shape index (κ1) is 29.4. The van der Waals surface area contributed by atoms with Gasteiger partial charge in [0.2, 0.25) is 11.8 Å². The number of esters is 1. The van der Waals surface area contributed by atoms with Crippen LogP contribution >= 0.6 is 0 Å². The lowest BCUT2D eigenvalue weighted by Gasteiger charge is -2.36. The molecule has 2 N–H and O–H groups in total. The Labute approximate surface area is 225 Å². The second-order valence-corrected chi connectivity index (χ2v) is 9.94. The zero-order chi connectivity index (χ0) is 28.7. The number of carbonyl (C=O) groups is 4. The molecular formula is C26H34FN5O7. The molecule has 1 aliphatic rings. The first-order chi connectivity index (χ1) is 18.4.